The van der Waals surface area contributed by atoms with E-state index in [-0.39, 0.29) is 4.99 Å². The number of nitrogens with two attached hydrogens (primary N) is 1. The topological polar surface area (TPSA) is 94.3 Å². The first-order valence-electron chi connectivity index (χ1n) is 5.66. The van der Waals surface area contributed by atoms with Crippen LogP contribution in [0.15, 0.2) is 0 Å². The van der Waals surface area contributed by atoms with E-state index in [2.05, 4.69) is 0 Å². The molecule has 0 atom stereocenters. The van der Waals surface area contributed by atoms with E-state index >= 15 is 0 Å². The predicted molar refractivity (Wildman–Crippen MR) is 70.0 cm³/mol. The minimum atomic E-state index is -2.24. The van der Waals surface area contributed by atoms with Gasteiger partial charge in [-0.1, -0.05) is 25.7 Å². The molecule has 0 saturated heterocycles. The van der Waals surface area contributed by atoms with Crippen LogP contribution in [0.3, 0.4) is 0 Å². The van der Waals surface area contributed by atoms with Gasteiger partial charge in [0, 0.05) is 5.37 Å². The summed E-state index contributed by atoms with van der Waals surface area (Å²) in [6.07, 6.45) is 6.73. The van der Waals surface area contributed by atoms with Crippen molar-refractivity contribution in [3.05, 3.63) is 0 Å². The second kappa shape index (κ2) is 10.5. The Kier molecular flexibility index (Phi) is 10.1. The Bertz CT molecular complexity index is 447. The van der Waals surface area contributed by atoms with Crippen LogP contribution in [-0.2, 0) is 20.6 Å². The molecule has 100 valence electrons. The summed E-state index contributed by atoms with van der Waals surface area (Å²) in [6.45, 7) is 0. The molecule has 0 spiro atoms. The molecule has 0 heterocycles. The third-order valence-corrected chi connectivity index (χ3v) is 3.49. The Labute approximate surface area is 105 Å². The summed E-state index contributed by atoms with van der Waals surface area (Å²) in [4.78, 5) is 0.0255. The molecule has 5 nitrogen and oxygen atoms in total. The van der Waals surface area contributed by atoms with Crippen LogP contribution in [0.5, 0.6) is 0 Å². The van der Waals surface area contributed by atoms with Crippen molar-refractivity contribution < 1.29 is 16.8 Å². The van der Waals surface area contributed by atoms with Gasteiger partial charge in [0.15, 0.2) is 0 Å². The SMILES string of the molecule is NC(CCCCCCCCC=S(=O)=O)=S(=O)=O. The predicted octanol–water partition coefficient (Wildman–Crippen LogP) is 0.756. The molecule has 0 fully saturated rings. The van der Waals surface area contributed by atoms with E-state index in [1.165, 1.54) is 5.37 Å². The van der Waals surface area contributed by atoms with E-state index in [0.29, 0.717) is 12.8 Å². The van der Waals surface area contributed by atoms with Crippen LogP contribution in [0.2, 0.25) is 0 Å². The normalized spacial score (nSPS) is 9.94. The molecule has 0 aliphatic heterocycles. The second-order valence-corrected chi connectivity index (χ2v) is 5.64. The summed E-state index contributed by atoms with van der Waals surface area (Å²) in [5, 5.41) is 1.28. The molecule has 17 heavy (non-hydrogen) atoms. The summed E-state index contributed by atoms with van der Waals surface area (Å²) >= 11 is 0. The van der Waals surface area contributed by atoms with Crippen molar-refractivity contribution in [3.8, 4) is 0 Å². The summed E-state index contributed by atoms with van der Waals surface area (Å²) in [5.41, 5.74) is 5.27. The van der Waals surface area contributed by atoms with Gasteiger partial charge in [-0.15, -0.1) is 0 Å². The fourth-order valence-corrected chi connectivity index (χ4v) is 2.08. The standard InChI is InChI=1S/C10H19NO4S2/c11-10(17(14)15)8-6-4-2-1-3-5-7-9-16(12)13/h9H,1-8,11H2. The zero-order chi connectivity index (χ0) is 13.1. The highest BCUT2D eigenvalue weighted by atomic mass is 32.2. The smallest absolute Gasteiger partial charge is 0.227 e. The van der Waals surface area contributed by atoms with Gasteiger partial charge in [0.05, 0.1) is 0 Å². The van der Waals surface area contributed by atoms with Crippen molar-refractivity contribution in [1.82, 2.24) is 0 Å². The first-order chi connectivity index (χ1) is 8.04. The van der Waals surface area contributed by atoms with Crippen molar-refractivity contribution in [2.24, 2.45) is 5.73 Å². The molecule has 0 aliphatic carbocycles. The van der Waals surface area contributed by atoms with Gasteiger partial charge >= 0.3 is 0 Å². The maximum absolute atomic E-state index is 10.4. The van der Waals surface area contributed by atoms with Gasteiger partial charge in [-0.05, 0) is 25.7 Å². The van der Waals surface area contributed by atoms with E-state index in [1.54, 1.807) is 0 Å². The first-order valence-corrected chi connectivity index (χ1v) is 7.87. The summed E-state index contributed by atoms with van der Waals surface area (Å²) in [7, 11) is -4.28. The Morgan fingerprint density at radius 2 is 1.41 bits per heavy atom. The van der Waals surface area contributed by atoms with Gasteiger partial charge in [-0.3, -0.25) is 5.73 Å². The fraction of sp³-hybridized carbons (Fsp3) is 0.800. The Hall–Kier alpha value is -0.660. The van der Waals surface area contributed by atoms with Gasteiger partial charge in [0.1, 0.15) is 4.99 Å². The van der Waals surface area contributed by atoms with Crippen LogP contribution in [0, 0.1) is 0 Å². The lowest BCUT2D eigenvalue weighted by Gasteiger charge is -1.99. The third kappa shape index (κ3) is 11.6. The fourth-order valence-electron chi connectivity index (χ4n) is 1.41. The van der Waals surface area contributed by atoms with E-state index in [1.807, 2.05) is 0 Å². The highest BCUT2D eigenvalue weighted by molar-refractivity contribution is 7.72. The molecule has 0 aromatic carbocycles. The summed E-state index contributed by atoms with van der Waals surface area (Å²) < 4.78 is 41.1. The second-order valence-electron chi connectivity index (χ2n) is 3.79. The Morgan fingerprint density at radius 1 is 0.882 bits per heavy atom. The highest BCUT2D eigenvalue weighted by Crippen LogP contribution is 2.07. The molecular weight excluding hydrogens is 262 g/mol. The lowest BCUT2D eigenvalue weighted by Crippen LogP contribution is -2.11. The average molecular weight is 281 g/mol. The molecule has 0 radical (unpaired) electrons. The maximum atomic E-state index is 10.4. The third-order valence-electron chi connectivity index (χ3n) is 2.35. The van der Waals surface area contributed by atoms with Crippen molar-refractivity contribution >= 4 is 30.9 Å². The van der Waals surface area contributed by atoms with Crippen LogP contribution in [0.1, 0.15) is 51.4 Å². The molecule has 0 aliphatic rings. The van der Waals surface area contributed by atoms with Gasteiger partial charge in [0.2, 0.25) is 20.6 Å². The molecule has 0 aromatic rings. The van der Waals surface area contributed by atoms with Gasteiger partial charge in [-0.25, -0.2) is 0 Å². The molecular formula is C10H19NO4S2. The zero-order valence-electron chi connectivity index (χ0n) is 9.76. The van der Waals surface area contributed by atoms with E-state index < -0.39 is 20.6 Å². The monoisotopic (exact) mass is 281 g/mol. The summed E-state index contributed by atoms with van der Waals surface area (Å²) in [6, 6.07) is 0. The van der Waals surface area contributed by atoms with Crippen molar-refractivity contribution in [2.75, 3.05) is 0 Å². The van der Waals surface area contributed by atoms with Gasteiger partial charge < -0.3 is 0 Å². The number of rotatable bonds is 9. The highest BCUT2D eigenvalue weighted by Gasteiger charge is 1.95. The van der Waals surface area contributed by atoms with Gasteiger partial charge in [0.25, 0.3) is 0 Å². The van der Waals surface area contributed by atoms with Crippen molar-refractivity contribution in [3.63, 3.8) is 0 Å². The Balaban J connectivity index is 3.36. The largest absolute Gasteiger partial charge is 0.293 e. The lowest BCUT2D eigenvalue weighted by molar-refractivity contribution is 0.607. The Morgan fingerprint density at radius 3 is 1.94 bits per heavy atom. The molecule has 0 aromatic heterocycles. The number of hydrogen-bond acceptors (Lipinski definition) is 4. The molecule has 0 unspecified atom stereocenters. The first kappa shape index (κ1) is 16.3. The summed E-state index contributed by atoms with van der Waals surface area (Å²) in [5.74, 6) is 0. The quantitative estimate of drug-likeness (QED) is 0.497. The minimum absolute atomic E-state index is 0.0255. The number of hydrogen-bond donors (Lipinski definition) is 1. The minimum Gasteiger partial charge on any atom is -0.293 e. The van der Waals surface area contributed by atoms with Crippen LogP contribution >= 0.6 is 0 Å². The molecule has 0 saturated carbocycles. The van der Waals surface area contributed by atoms with Crippen LogP contribution in [-0.4, -0.2) is 27.2 Å². The van der Waals surface area contributed by atoms with Crippen molar-refractivity contribution in [2.45, 2.75) is 51.4 Å². The van der Waals surface area contributed by atoms with E-state index in [4.69, 9.17) is 5.73 Å². The average Bonchev–Trinajstić information content (AvgIpc) is 2.25. The van der Waals surface area contributed by atoms with Crippen LogP contribution < -0.4 is 5.73 Å². The maximum Gasteiger partial charge on any atom is 0.227 e. The van der Waals surface area contributed by atoms with E-state index in [9.17, 15) is 16.8 Å². The van der Waals surface area contributed by atoms with E-state index in [0.717, 1.165) is 38.5 Å². The molecule has 0 bridgehead atoms. The molecule has 2 N–H and O–H groups in total. The molecule has 0 amide bonds. The van der Waals surface area contributed by atoms with Crippen molar-refractivity contribution in [1.29, 1.82) is 0 Å². The van der Waals surface area contributed by atoms with Gasteiger partial charge in [-0.2, -0.15) is 16.8 Å². The van der Waals surface area contributed by atoms with Crippen LogP contribution in [0.4, 0.5) is 0 Å². The molecule has 7 heteroatoms. The number of unbranched alkanes of at least 4 members (excludes halogenated alkanes) is 6. The molecule has 0 rings (SSSR count). The van der Waals surface area contributed by atoms with Crippen LogP contribution in [0.25, 0.3) is 0 Å². The zero-order valence-corrected chi connectivity index (χ0v) is 11.4. The lowest BCUT2D eigenvalue weighted by atomic mass is 10.1.